The molecule has 0 bridgehead atoms. The molecule has 0 spiro atoms. The second-order valence-electron chi connectivity index (χ2n) is 3.51. The Kier molecular flexibility index (Phi) is 5.85. The number of hydrogen-bond donors (Lipinski definition) is 2. The van der Waals surface area contributed by atoms with Crippen LogP contribution in [0.4, 0.5) is 0 Å². The lowest BCUT2D eigenvalue weighted by Crippen LogP contribution is -2.23. The van der Waals surface area contributed by atoms with Gasteiger partial charge in [0, 0.05) is 7.11 Å². The molecule has 1 aromatic rings. The SMILES string of the molecule is CCC(NOCCOC)c1ccc(O)cc1. The van der Waals surface area contributed by atoms with Gasteiger partial charge in [0.05, 0.1) is 19.3 Å². The highest BCUT2D eigenvalue weighted by atomic mass is 16.7. The summed E-state index contributed by atoms with van der Waals surface area (Å²) in [5, 5.41) is 9.19. The van der Waals surface area contributed by atoms with Gasteiger partial charge in [-0.05, 0) is 24.1 Å². The smallest absolute Gasteiger partial charge is 0.115 e. The van der Waals surface area contributed by atoms with Crippen molar-refractivity contribution in [3.63, 3.8) is 0 Å². The molecular weight excluding hydrogens is 206 g/mol. The average Bonchev–Trinajstić information content (AvgIpc) is 2.31. The molecule has 0 radical (unpaired) electrons. The maximum Gasteiger partial charge on any atom is 0.115 e. The van der Waals surface area contributed by atoms with E-state index in [-0.39, 0.29) is 11.8 Å². The third-order valence-corrected chi connectivity index (χ3v) is 2.32. The summed E-state index contributed by atoms with van der Waals surface area (Å²) < 4.78 is 4.88. The summed E-state index contributed by atoms with van der Waals surface area (Å²) in [4.78, 5) is 5.27. The van der Waals surface area contributed by atoms with Crippen LogP contribution >= 0.6 is 0 Å². The van der Waals surface area contributed by atoms with Crippen molar-refractivity contribution in [1.29, 1.82) is 0 Å². The molecule has 0 saturated heterocycles. The number of ether oxygens (including phenoxy) is 1. The van der Waals surface area contributed by atoms with E-state index in [4.69, 9.17) is 9.57 Å². The first-order valence-corrected chi connectivity index (χ1v) is 5.43. The molecule has 0 aliphatic rings. The number of benzene rings is 1. The quantitative estimate of drug-likeness (QED) is 0.550. The minimum absolute atomic E-state index is 0.137. The molecule has 0 aromatic heterocycles. The van der Waals surface area contributed by atoms with E-state index in [0.29, 0.717) is 13.2 Å². The van der Waals surface area contributed by atoms with Crippen LogP contribution in [0.15, 0.2) is 24.3 Å². The Balaban J connectivity index is 2.44. The van der Waals surface area contributed by atoms with E-state index in [9.17, 15) is 5.11 Å². The summed E-state index contributed by atoms with van der Waals surface area (Å²) in [5.41, 5.74) is 4.07. The number of rotatable bonds is 7. The number of methoxy groups -OCH3 is 1. The third kappa shape index (κ3) is 4.18. The first kappa shape index (κ1) is 13.0. The lowest BCUT2D eigenvalue weighted by molar-refractivity contribution is -0.0131. The van der Waals surface area contributed by atoms with Gasteiger partial charge in [-0.3, -0.25) is 4.84 Å². The molecule has 4 heteroatoms. The fourth-order valence-corrected chi connectivity index (χ4v) is 1.38. The van der Waals surface area contributed by atoms with Crippen molar-refractivity contribution in [3.05, 3.63) is 29.8 Å². The Morgan fingerprint density at radius 2 is 1.94 bits per heavy atom. The van der Waals surface area contributed by atoms with E-state index in [1.165, 1.54) is 0 Å². The van der Waals surface area contributed by atoms with Crippen molar-refractivity contribution in [2.45, 2.75) is 19.4 Å². The third-order valence-electron chi connectivity index (χ3n) is 2.32. The van der Waals surface area contributed by atoms with Crippen LogP contribution in [0.3, 0.4) is 0 Å². The Morgan fingerprint density at radius 3 is 2.50 bits per heavy atom. The minimum Gasteiger partial charge on any atom is -0.508 e. The van der Waals surface area contributed by atoms with Crippen LogP contribution in [0.2, 0.25) is 0 Å². The van der Waals surface area contributed by atoms with E-state index >= 15 is 0 Å². The molecule has 0 fully saturated rings. The highest BCUT2D eigenvalue weighted by Gasteiger charge is 2.08. The number of hydrogen-bond acceptors (Lipinski definition) is 4. The van der Waals surface area contributed by atoms with Crippen LogP contribution in [0, 0.1) is 0 Å². The number of phenols is 1. The van der Waals surface area contributed by atoms with Crippen molar-refractivity contribution in [1.82, 2.24) is 5.48 Å². The van der Waals surface area contributed by atoms with Gasteiger partial charge in [0.2, 0.25) is 0 Å². The molecule has 0 saturated carbocycles. The number of aromatic hydroxyl groups is 1. The van der Waals surface area contributed by atoms with Gasteiger partial charge in [0.15, 0.2) is 0 Å². The van der Waals surface area contributed by atoms with Crippen LogP contribution < -0.4 is 5.48 Å². The van der Waals surface area contributed by atoms with Gasteiger partial charge in [-0.2, -0.15) is 5.48 Å². The molecule has 0 heterocycles. The summed E-state index contributed by atoms with van der Waals surface area (Å²) in [6, 6.07) is 7.26. The summed E-state index contributed by atoms with van der Waals surface area (Å²) in [5.74, 6) is 0.277. The normalized spacial score (nSPS) is 12.6. The molecule has 1 aromatic carbocycles. The topological polar surface area (TPSA) is 50.7 Å². The average molecular weight is 225 g/mol. The van der Waals surface area contributed by atoms with Gasteiger partial charge < -0.3 is 9.84 Å². The predicted molar refractivity (Wildman–Crippen MR) is 62.1 cm³/mol. The number of phenolic OH excluding ortho intramolecular Hbond substituents is 1. The van der Waals surface area contributed by atoms with E-state index in [0.717, 1.165) is 12.0 Å². The highest BCUT2D eigenvalue weighted by molar-refractivity contribution is 5.27. The van der Waals surface area contributed by atoms with Gasteiger partial charge in [-0.25, -0.2) is 0 Å². The first-order valence-electron chi connectivity index (χ1n) is 5.43. The second kappa shape index (κ2) is 7.22. The van der Waals surface area contributed by atoms with Gasteiger partial charge in [-0.1, -0.05) is 19.1 Å². The first-order chi connectivity index (χ1) is 7.77. The van der Waals surface area contributed by atoms with E-state index in [1.54, 1.807) is 19.2 Å². The highest BCUT2D eigenvalue weighted by Crippen LogP contribution is 2.19. The molecule has 4 nitrogen and oxygen atoms in total. The fourth-order valence-electron chi connectivity index (χ4n) is 1.38. The molecule has 0 aliphatic heterocycles. The minimum atomic E-state index is 0.137. The van der Waals surface area contributed by atoms with Crippen molar-refractivity contribution >= 4 is 0 Å². The molecule has 1 unspecified atom stereocenters. The van der Waals surface area contributed by atoms with Crippen molar-refractivity contribution in [2.24, 2.45) is 0 Å². The molecule has 1 atom stereocenters. The molecular formula is C12H19NO3. The Morgan fingerprint density at radius 1 is 1.25 bits per heavy atom. The fraction of sp³-hybridized carbons (Fsp3) is 0.500. The molecule has 16 heavy (non-hydrogen) atoms. The Labute approximate surface area is 96.1 Å². The number of hydroxylamine groups is 1. The standard InChI is InChI=1S/C12H19NO3/c1-3-12(13-16-9-8-15-2)10-4-6-11(14)7-5-10/h4-7,12-14H,3,8-9H2,1-2H3. The zero-order valence-electron chi connectivity index (χ0n) is 9.77. The van der Waals surface area contributed by atoms with Gasteiger partial charge in [0.1, 0.15) is 5.75 Å². The van der Waals surface area contributed by atoms with E-state index in [2.05, 4.69) is 12.4 Å². The Bertz CT molecular complexity index is 287. The largest absolute Gasteiger partial charge is 0.508 e. The molecule has 1 rings (SSSR count). The van der Waals surface area contributed by atoms with Crippen molar-refractivity contribution in [2.75, 3.05) is 20.3 Å². The molecule has 0 aliphatic carbocycles. The van der Waals surface area contributed by atoms with Gasteiger partial charge in [-0.15, -0.1) is 0 Å². The summed E-state index contributed by atoms with van der Waals surface area (Å²) in [6.45, 7) is 3.16. The maximum absolute atomic E-state index is 9.19. The van der Waals surface area contributed by atoms with Crippen LogP contribution in [0.1, 0.15) is 24.9 Å². The summed E-state index contributed by atoms with van der Waals surface area (Å²) in [7, 11) is 1.64. The lowest BCUT2D eigenvalue weighted by atomic mass is 10.1. The lowest BCUT2D eigenvalue weighted by Gasteiger charge is -2.17. The molecule has 90 valence electrons. The summed E-state index contributed by atoms with van der Waals surface area (Å²) in [6.07, 6.45) is 0.914. The van der Waals surface area contributed by atoms with Crippen molar-refractivity contribution < 1.29 is 14.7 Å². The maximum atomic E-state index is 9.19. The molecule has 2 N–H and O–H groups in total. The van der Waals surface area contributed by atoms with Crippen LogP contribution in [-0.2, 0) is 9.57 Å². The zero-order chi connectivity index (χ0) is 11.8. The monoisotopic (exact) mass is 225 g/mol. The van der Waals surface area contributed by atoms with Crippen LogP contribution in [0.25, 0.3) is 0 Å². The summed E-state index contributed by atoms with van der Waals surface area (Å²) >= 11 is 0. The van der Waals surface area contributed by atoms with Crippen LogP contribution in [-0.4, -0.2) is 25.4 Å². The van der Waals surface area contributed by atoms with E-state index in [1.807, 2.05) is 12.1 Å². The second-order valence-corrected chi connectivity index (χ2v) is 3.51. The van der Waals surface area contributed by atoms with Crippen LogP contribution in [0.5, 0.6) is 5.75 Å². The van der Waals surface area contributed by atoms with Gasteiger partial charge in [0.25, 0.3) is 0 Å². The zero-order valence-corrected chi connectivity index (χ0v) is 9.77. The van der Waals surface area contributed by atoms with E-state index < -0.39 is 0 Å². The Hall–Kier alpha value is -1.10. The van der Waals surface area contributed by atoms with Crippen molar-refractivity contribution in [3.8, 4) is 5.75 Å². The predicted octanol–water partition coefficient (Wildman–Crippen LogP) is 2.01. The number of nitrogens with one attached hydrogen (secondary N) is 1. The molecule has 0 amide bonds. The van der Waals surface area contributed by atoms with Gasteiger partial charge >= 0.3 is 0 Å².